The number of nitrogens with two attached hydrogens (primary N) is 1. The van der Waals surface area contributed by atoms with Gasteiger partial charge in [-0.3, -0.25) is 4.79 Å². The Balaban J connectivity index is 2.64. The largest absolute Gasteiger partial charge is 0.496 e. The topological polar surface area (TPSA) is 99.5 Å². The van der Waals surface area contributed by atoms with Crippen molar-refractivity contribution in [3.05, 3.63) is 45.4 Å². The van der Waals surface area contributed by atoms with Crippen LogP contribution in [0.25, 0.3) is 0 Å². The van der Waals surface area contributed by atoms with Crippen LogP contribution in [0, 0.1) is 6.92 Å². The molecule has 22 heavy (non-hydrogen) atoms. The van der Waals surface area contributed by atoms with Crippen LogP contribution in [0.2, 0.25) is 0 Å². The second kappa shape index (κ2) is 6.48. The highest BCUT2D eigenvalue weighted by molar-refractivity contribution is 5.54. The Hall–Kier alpha value is -2.54. The van der Waals surface area contributed by atoms with E-state index in [1.165, 1.54) is 14.2 Å². The van der Waals surface area contributed by atoms with Gasteiger partial charge in [0.05, 0.1) is 38.6 Å². The summed E-state index contributed by atoms with van der Waals surface area (Å²) in [6, 6.07) is 4.31. The molecule has 7 heteroatoms. The van der Waals surface area contributed by atoms with Crippen molar-refractivity contribution in [1.29, 1.82) is 0 Å². The van der Waals surface area contributed by atoms with Crippen LogP contribution >= 0.6 is 0 Å². The summed E-state index contributed by atoms with van der Waals surface area (Å²) in [5, 5.41) is 6.28. The molecule has 1 heterocycles. The molecule has 0 radical (unpaired) electrons. The molecule has 3 N–H and O–H groups in total. The number of rotatable bonds is 5. The van der Waals surface area contributed by atoms with Crippen LogP contribution in [0.5, 0.6) is 17.2 Å². The fraction of sp³-hybridized carbons (Fsp3) is 0.333. The van der Waals surface area contributed by atoms with Gasteiger partial charge in [0.2, 0.25) is 0 Å². The highest BCUT2D eigenvalue weighted by Gasteiger charge is 2.23. The molecular formula is C15H19N3O4. The maximum absolute atomic E-state index is 12.0. The molecule has 0 fully saturated rings. The molecule has 0 aliphatic heterocycles. The number of hydrogen-bond donors (Lipinski definition) is 2. The summed E-state index contributed by atoms with van der Waals surface area (Å²) < 4.78 is 16.0. The van der Waals surface area contributed by atoms with Gasteiger partial charge in [-0.25, -0.2) is 5.10 Å². The zero-order chi connectivity index (χ0) is 16.3. The Kier molecular flexibility index (Phi) is 4.67. The SMILES string of the molecule is COc1cc(OC)c(C(N)c2cc(C)n[nH]c2=O)c(OC)c1. The average molecular weight is 305 g/mol. The fourth-order valence-electron chi connectivity index (χ4n) is 2.25. The lowest BCUT2D eigenvalue weighted by Gasteiger charge is -2.20. The third kappa shape index (κ3) is 2.89. The predicted octanol–water partition coefficient (Wildman–Crippen LogP) is 1.15. The van der Waals surface area contributed by atoms with E-state index in [1.54, 1.807) is 32.2 Å². The van der Waals surface area contributed by atoms with Crippen LogP contribution < -0.4 is 25.5 Å². The molecular weight excluding hydrogens is 286 g/mol. The van der Waals surface area contributed by atoms with Gasteiger partial charge in [0.1, 0.15) is 17.2 Å². The Bertz CT molecular complexity index is 702. The van der Waals surface area contributed by atoms with E-state index in [4.69, 9.17) is 19.9 Å². The molecule has 1 atom stereocenters. The quantitative estimate of drug-likeness (QED) is 0.859. The number of nitrogens with one attached hydrogen (secondary N) is 1. The van der Waals surface area contributed by atoms with Crippen molar-refractivity contribution in [2.24, 2.45) is 5.73 Å². The third-order valence-electron chi connectivity index (χ3n) is 3.36. The van der Waals surface area contributed by atoms with Crippen molar-refractivity contribution in [3.63, 3.8) is 0 Å². The molecule has 1 aromatic carbocycles. The molecule has 0 aliphatic carbocycles. The second-order valence-electron chi connectivity index (χ2n) is 4.72. The molecule has 1 unspecified atom stereocenters. The Morgan fingerprint density at radius 1 is 1.09 bits per heavy atom. The van der Waals surface area contributed by atoms with E-state index < -0.39 is 6.04 Å². The molecule has 2 rings (SSSR count). The van der Waals surface area contributed by atoms with Gasteiger partial charge >= 0.3 is 0 Å². The van der Waals surface area contributed by atoms with Crippen molar-refractivity contribution >= 4 is 0 Å². The molecule has 0 saturated heterocycles. The van der Waals surface area contributed by atoms with Crippen molar-refractivity contribution < 1.29 is 14.2 Å². The van der Waals surface area contributed by atoms with Gasteiger partial charge in [-0.05, 0) is 13.0 Å². The molecule has 1 aromatic heterocycles. The number of aromatic amines is 1. The second-order valence-corrected chi connectivity index (χ2v) is 4.72. The van der Waals surface area contributed by atoms with Crippen LogP contribution in [-0.4, -0.2) is 31.5 Å². The van der Waals surface area contributed by atoms with Gasteiger partial charge in [0.25, 0.3) is 5.56 Å². The summed E-state index contributed by atoms with van der Waals surface area (Å²) in [4.78, 5) is 12.0. The number of ether oxygens (including phenoxy) is 3. The first-order valence-electron chi connectivity index (χ1n) is 6.63. The Morgan fingerprint density at radius 3 is 2.18 bits per heavy atom. The molecule has 118 valence electrons. The van der Waals surface area contributed by atoms with Crippen LogP contribution in [0.3, 0.4) is 0 Å². The Morgan fingerprint density at radius 2 is 1.68 bits per heavy atom. The van der Waals surface area contributed by atoms with Crippen LogP contribution in [0.4, 0.5) is 0 Å². The zero-order valence-corrected chi connectivity index (χ0v) is 13.0. The van der Waals surface area contributed by atoms with Gasteiger partial charge in [-0.2, -0.15) is 5.10 Å². The van der Waals surface area contributed by atoms with E-state index in [1.807, 2.05) is 0 Å². The minimum Gasteiger partial charge on any atom is -0.496 e. The van der Waals surface area contributed by atoms with Crippen LogP contribution in [0.1, 0.15) is 22.9 Å². The lowest BCUT2D eigenvalue weighted by molar-refractivity contribution is 0.366. The first-order valence-corrected chi connectivity index (χ1v) is 6.63. The first-order chi connectivity index (χ1) is 10.5. The number of aromatic nitrogens is 2. The molecule has 0 amide bonds. The molecule has 0 bridgehead atoms. The number of nitrogens with zero attached hydrogens (tertiary/aromatic N) is 1. The van der Waals surface area contributed by atoms with Gasteiger partial charge in [0.15, 0.2) is 0 Å². The van der Waals surface area contributed by atoms with Crippen molar-refractivity contribution in [2.45, 2.75) is 13.0 Å². The van der Waals surface area contributed by atoms with E-state index in [2.05, 4.69) is 10.2 Å². The first kappa shape index (κ1) is 15.8. The van der Waals surface area contributed by atoms with Gasteiger partial charge in [0, 0.05) is 17.7 Å². The van der Waals surface area contributed by atoms with Gasteiger partial charge in [-0.15, -0.1) is 0 Å². The molecule has 7 nitrogen and oxygen atoms in total. The average Bonchev–Trinajstić information content (AvgIpc) is 2.54. The highest BCUT2D eigenvalue weighted by atomic mass is 16.5. The Labute approximate surface area is 128 Å². The molecule has 2 aromatic rings. The summed E-state index contributed by atoms with van der Waals surface area (Å²) in [6.45, 7) is 1.77. The number of hydrogen-bond acceptors (Lipinski definition) is 6. The molecule has 0 saturated carbocycles. The molecule has 0 aliphatic rings. The number of benzene rings is 1. The van der Waals surface area contributed by atoms with E-state index >= 15 is 0 Å². The summed E-state index contributed by atoms with van der Waals surface area (Å²) in [6.07, 6.45) is 0. The molecule has 0 spiro atoms. The zero-order valence-electron chi connectivity index (χ0n) is 13.0. The summed E-state index contributed by atoms with van der Waals surface area (Å²) in [5.41, 5.74) is 7.55. The summed E-state index contributed by atoms with van der Waals surface area (Å²) in [5.74, 6) is 1.54. The number of H-pyrrole nitrogens is 1. The van der Waals surface area contributed by atoms with E-state index in [-0.39, 0.29) is 5.56 Å². The lowest BCUT2D eigenvalue weighted by Crippen LogP contribution is -2.24. The highest BCUT2D eigenvalue weighted by Crippen LogP contribution is 2.39. The fourth-order valence-corrected chi connectivity index (χ4v) is 2.25. The number of aryl methyl sites for hydroxylation is 1. The lowest BCUT2D eigenvalue weighted by atomic mass is 9.98. The van der Waals surface area contributed by atoms with Crippen molar-refractivity contribution in [2.75, 3.05) is 21.3 Å². The summed E-state index contributed by atoms with van der Waals surface area (Å²) in [7, 11) is 4.59. The van der Waals surface area contributed by atoms with Crippen LogP contribution in [0.15, 0.2) is 23.0 Å². The predicted molar refractivity (Wildman–Crippen MR) is 81.7 cm³/mol. The minimum atomic E-state index is -0.721. The van der Waals surface area contributed by atoms with Crippen molar-refractivity contribution in [1.82, 2.24) is 10.2 Å². The van der Waals surface area contributed by atoms with E-state index in [9.17, 15) is 4.79 Å². The van der Waals surface area contributed by atoms with Gasteiger partial charge in [-0.1, -0.05) is 0 Å². The van der Waals surface area contributed by atoms with E-state index in [0.717, 1.165) is 0 Å². The maximum Gasteiger partial charge on any atom is 0.269 e. The smallest absolute Gasteiger partial charge is 0.269 e. The monoisotopic (exact) mass is 305 g/mol. The standard InChI is InChI=1S/C15H19N3O4/c1-8-5-10(15(19)18-17-8)14(16)13-11(21-3)6-9(20-2)7-12(13)22-4/h5-7,14H,16H2,1-4H3,(H,18,19). The third-order valence-corrected chi connectivity index (χ3v) is 3.36. The van der Waals surface area contributed by atoms with E-state index in [0.29, 0.717) is 34.1 Å². The normalized spacial score (nSPS) is 11.9. The van der Waals surface area contributed by atoms with Gasteiger partial charge < -0.3 is 19.9 Å². The van der Waals surface area contributed by atoms with Crippen molar-refractivity contribution in [3.8, 4) is 17.2 Å². The number of methoxy groups -OCH3 is 3. The maximum atomic E-state index is 12.0. The van der Waals surface area contributed by atoms with Crippen LogP contribution in [-0.2, 0) is 0 Å². The minimum absolute atomic E-state index is 0.349. The summed E-state index contributed by atoms with van der Waals surface area (Å²) >= 11 is 0.